The first-order valence-corrected chi connectivity index (χ1v) is 10.7. The number of hydrogen-bond donors (Lipinski definition) is 1. The minimum absolute atomic E-state index is 0.0179. The Hall–Kier alpha value is -2.49. The monoisotopic (exact) mass is 446 g/mol. The number of nitrogens with one attached hydrogen (secondary N) is 1. The van der Waals surface area contributed by atoms with Crippen LogP contribution in [0.3, 0.4) is 0 Å². The molecule has 0 unspecified atom stereocenters. The maximum atomic E-state index is 15.0. The smallest absolute Gasteiger partial charge is 0.223 e. The summed E-state index contributed by atoms with van der Waals surface area (Å²) in [6.07, 6.45) is 3.19. The number of anilines is 2. The van der Waals surface area contributed by atoms with E-state index in [1.54, 1.807) is 7.11 Å². The van der Waals surface area contributed by atoms with Gasteiger partial charge in [-0.3, -0.25) is 0 Å². The fourth-order valence-corrected chi connectivity index (χ4v) is 4.50. The fraction of sp³-hybridized carbons (Fsp3) is 0.476. The van der Waals surface area contributed by atoms with Crippen LogP contribution < -0.4 is 10.2 Å². The van der Waals surface area contributed by atoms with Crippen LogP contribution in [0.1, 0.15) is 12.8 Å². The van der Waals surface area contributed by atoms with E-state index in [2.05, 4.69) is 20.3 Å². The number of nitrogens with zero attached hydrogens (tertiary/aromatic N) is 5. The van der Waals surface area contributed by atoms with Crippen LogP contribution in [-0.2, 0) is 16.0 Å². The largest absolute Gasteiger partial charge is 0.379 e. The molecule has 0 bridgehead atoms. The van der Waals surface area contributed by atoms with Gasteiger partial charge in [0.1, 0.15) is 11.6 Å². The molecule has 31 heavy (non-hydrogen) atoms. The van der Waals surface area contributed by atoms with Crippen molar-refractivity contribution in [1.82, 2.24) is 19.5 Å². The van der Waals surface area contributed by atoms with Crippen LogP contribution in [0.2, 0.25) is 5.02 Å². The lowest BCUT2D eigenvalue weighted by atomic mass is 10.1. The lowest BCUT2D eigenvalue weighted by Gasteiger charge is -2.31. The molecule has 2 aromatic heterocycles. The van der Waals surface area contributed by atoms with E-state index < -0.39 is 5.82 Å². The molecule has 164 valence electrons. The van der Waals surface area contributed by atoms with E-state index in [0.717, 1.165) is 37.4 Å². The summed E-state index contributed by atoms with van der Waals surface area (Å²) in [4.78, 5) is 15.5. The van der Waals surface area contributed by atoms with E-state index in [4.69, 9.17) is 21.1 Å². The maximum Gasteiger partial charge on any atom is 0.223 e. The Labute approximate surface area is 184 Å². The Morgan fingerprint density at radius 3 is 3.00 bits per heavy atom. The molecule has 10 heteroatoms. The number of methoxy groups -OCH3 is 1. The van der Waals surface area contributed by atoms with Crippen molar-refractivity contribution in [1.29, 1.82) is 0 Å². The SMILES string of the molecule is CO[C@@H]1COCC[C@H]1Nc1ncc(Cl)c(-c2cc(F)c3nc4n(c3c2)CCCN4C)n1. The number of hydrogen-bond acceptors (Lipinski definition) is 7. The van der Waals surface area contributed by atoms with E-state index in [1.165, 1.54) is 12.3 Å². The molecule has 0 aliphatic carbocycles. The molecule has 2 aliphatic rings. The van der Waals surface area contributed by atoms with Gasteiger partial charge in [-0.15, -0.1) is 0 Å². The second-order valence-electron chi connectivity index (χ2n) is 7.94. The van der Waals surface area contributed by atoms with Gasteiger partial charge < -0.3 is 24.3 Å². The number of imidazole rings is 1. The molecule has 2 atom stereocenters. The highest BCUT2D eigenvalue weighted by atomic mass is 35.5. The Bertz CT molecular complexity index is 1120. The lowest BCUT2D eigenvalue weighted by molar-refractivity contribution is -0.0367. The summed E-state index contributed by atoms with van der Waals surface area (Å²) in [6, 6.07) is 3.36. The highest BCUT2D eigenvalue weighted by Crippen LogP contribution is 2.34. The van der Waals surface area contributed by atoms with Crippen LogP contribution in [0.15, 0.2) is 18.3 Å². The molecule has 3 aromatic rings. The first-order valence-electron chi connectivity index (χ1n) is 10.4. The van der Waals surface area contributed by atoms with E-state index in [0.29, 0.717) is 41.0 Å². The molecular formula is C21H24ClFN6O2. The number of rotatable bonds is 4. The zero-order chi connectivity index (χ0) is 21.5. The molecule has 0 amide bonds. The van der Waals surface area contributed by atoms with Gasteiger partial charge in [-0.2, -0.15) is 0 Å². The second-order valence-corrected chi connectivity index (χ2v) is 8.35. The third-order valence-corrected chi connectivity index (χ3v) is 6.22. The Morgan fingerprint density at radius 1 is 1.29 bits per heavy atom. The number of aromatic nitrogens is 4. The number of benzene rings is 1. The van der Waals surface area contributed by atoms with Gasteiger partial charge in [-0.05, 0) is 25.0 Å². The predicted octanol–water partition coefficient (Wildman–Crippen LogP) is 3.34. The number of halogens is 2. The van der Waals surface area contributed by atoms with E-state index in [1.807, 2.05) is 22.6 Å². The van der Waals surface area contributed by atoms with Gasteiger partial charge in [0.05, 0.1) is 35.1 Å². The first kappa shape index (κ1) is 20.4. The summed E-state index contributed by atoms with van der Waals surface area (Å²) in [7, 11) is 3.63. The van der Waals surface area contributed by atoms with Crippen LogP contribution in [0.4, 0.5) is 16.3 Å². The molecule has 8 nitrogen and oxygen atoms in total. The summed E-state index contributed by atoms with van der Waals surface area (Å²) in [5.74, 6) is 0.804. The van der Waals surface area contributed by atoms with Crippen molar-refractivity contribution in [3.8, 4) is 11.3 Å². The van der Waals surface area contributed by atoms with Crippen LogP contribution >= 0.6 is 11.6 Å². The van der Waals surface area contributed by atoms with Crippen LogP contribution in [0.5, 0.6) is 0 Å². The van der Waals surface area contributed by atoms with E-state index in [9.17, 15) is 0 Å². The standard InChI is InChI=1S/C21H24ClFN6O2/c1-28-5-3-6-29-16-9-12(8-14(23)19(16)27-21(28)29)18-13(22)10-24-20(26-18)25-15-4-7-31-11-17(15)30-2/h8-10,15,17H,3-7,11H2,1-2H3,(H,24,25,26)/t15-,17-/m1/s1. The summed E-state index contributed by atoms with van der Waals surface area (Å²) >= 11 is 6.42. The highest BCUT2D eigenvalue weighted by molar-refractivity contribution is 6.33. The molecule has 0 radical (unpaired) electrons. The molecule has 1 aromatic carbocycles. The van der Waals surface area contributed by atoms with Crippen LogP contribution in [0.25, 0.3) is 22.3 Å². The van der Waals surface area contributed by atoms with Gasteiger partial charge in [0.2, 0.25) is 11.9 Å². The summed E-state index contributed by atoms with van der Waals surface area (Å²) in [6.45, 7) is 2.85. The summed E-state index contributed by atoms with van der Waals surface area (Å²) < 4.78 is 28.0. The quantitative estimate of drug-likeness (QED) is 0.658. The normalized spacial score (nSPS) is 21.4. The van der Waals surface area contributed by atoms with Gasteiger partial charge in [-0.25, -0.2) is 19.3 Å². The molecule has 1 saturated heterocycles. The molecular weight excluding hydrogens is 423 g/mol. The van der Waals surface area contributed by atoms with Crippen molar-refractivity contribution in [3.63, 3.8) is 0 Å². The molecule has 1 N–H and O–H groups in total. The topological polar surface area (TPSA) is 77.3 Å². The minimum atomic E-state index is -0.393. The van der Waals surface area contributed by atoms with E-state index >= 15 is 4.39 Å². The van der Waals surface area contributed by atoms with Crippen molar-refractivity contribution < 1.29 is 13.9 Å². The Balaban J connectivity index is 1.53. The second kappa shape index (κ2) is 8.22. The molecule has 0 spiro atoms. The van der Waals surface area contributed by atoms with Crippen molar-refractivity contribution >= 4 is 34.5 Å². The average Bonchev–Trinajstić information content (AvgIpc) is 3.16. The minimum Gasteiger partial charge on any atom is -0.379 e. The average molecular weight is 447 g/mol. The van der Waals surface area contributed by atoms with Gasteiger partial charge >= 0.3 is 0 Å². The van der Waals surface area contributed by atoms with Gasteiger partial charge in [0.25, 0.3) is 0 Å². The maximum absolute atomic E-state index is 15.0. The van der Waals surface area contributed by atoms with Crippen molar-refractivity contribution in [3.05, 3.63) is 29.2 Å². The Morgan fingerprint density at radius 2 is 2.16 bits per heavy atom. The molecule has 5 rings (SSSR count). The first-order chi connectivity index (χ1) is 15.0. The van der Waals surface area contributed by atoms with Crippen molar-refractivity contribution in [2.45, 2.75) is 31.5 Å². The van der Waals surface area contributed by atoms with Gasteiger partial charge in [0, 0.05) is 39.4 Å². The fourth-order valence-electron chi connectivity index (χ4n) is 4.30. The zero-order valence-electron chi connectivity index (χ0n) is 17.4. The van der Waals surface area contributed by atoms with Gasteiger partial charge in [-0.1, -0.05) is 11.6 Å². The van der Waals surface area contributed by atoms with Crippen molar-refractivity contribution in [2.24, 2.45) is 0 Å². The van der Waals surface area contributed by atoms with Crippen LogP contribution in [0, 0.1) is 5.82 Å². The molecule has 1 fully saturated rings. The summed E-state index contributed by atoms with van der Waals surface area (Å²) in [5, 5.41) is 3.67. The zero-order valence-corrected chi connectivity index (χ0v) is 18.2. The van der Waals surface area contributed by atoms with Gasteiger partial charge in [0.15, 0.2) is 5.82 Å². The molecule has 4 heterocycles. The summed E-state index contributed by atoms with van der Waals surface area (Å²) in [5.41, 5.74) is 2.16. The highest BCUT2D eigenvalue weighted by Gasteiger charge is 2.27. The molecule has 0 saturated carbocycles. The predicted molar refractivity (Wildman–Crippen MR) is 117 cm³/mol. The van der Waals surface area contributed by atoms with Crippen LogP contribution in [-0.4, -0.2) is 65.6 Å². The number of fused-ring (bicyclic) bond motifs is 3. The molecule has 2 aliphatic heterocycles. The third kappa shape index (κ3) is 3.71. The lowest BCUT2D eigenvalue weighted by Crippen LogP contribution is -2.43. The third-order valence-electron chi connectivity index (χ3n) is 5.94. The van der Waals surface area contributed by atoms with E-state index in [-0.39, 0.29) is 12.1 Å². The number of ether oxygens (including phenoxy) is 2. The number of aryl methyl sites for hydroxylation is 1. The van der Waals surface area contributed by atoms with Crippen molar-refractivity contribution in [2.75, 3.05) is 44.1 Å². The Kier molecular flexibility index (Phi) is 5.41.